The van der Waals surface area contributed by atoms with Crippen LogP contribution in [-0.4, -0.2) is 21.7 Å². The Balaban J connectivity index is 2.28. The van der Waals surface area contributed by atoms with E-state index in [0.29, 0.717) is 21.5 Å². The molecular formula is C16H15IN4O2S. The Bertz CT molecular complexity index is 976. The molecular weight excluding hydrogens is 439 g/mol. The lowest BCUT2D eigenvalue weighted by molar-refractivity contribution is 0.0938. The summed E-state index contributed by atoms with van der Waals surface area (Å²) in [6.45, 7) is 3.73. The van der Waals surface area contributed by atoms with Crippen LogP contribution in [0.2, 0.25) is 0 Å². The molecule has 6 nitrogen and oxygen atoms in total. The van der Waals surface area contributed by atoms with Gasteiger partial charge in [0.1, 0.15) is 0 Å². The summed E-state index contributed by atoms with van der Waals surface area (Å²) in [5.74, 6) is -0.327. The van der Waals surface area contributed by atoms with Crippen LogP contribution in [-0.2, 0) is 0 Å². The van der Waals surface area contributed by atoms with Crippen LogP contribution in [0.3, 0.4) is 0 Å². The van der Waals surface area contributed by atoms with E-state index in [0.717, 1.165) is 3.57 Å². The Labute approximate surface area is 155 Å². The molecule has 2 heterocycles. The molecule has 0 fully saturated rings. The van der Waals surface area contributed by atoms with E-state index in [2.05, 4.69) is 33.0 Å². The van der Waals surface area contributed by atoms with E-state index >= 15 is 0 Å². The second kappa shape index (κ2) is 6.52. The van der Waals surface area contributed by atoms with Crippen LogP contribution in [0.4, 0.5) is 5.00 Å². The lowest BCUT2D eigenvalue weighted by Gasteiger charge is -2.11. The molecule has 0 spiro atoms. The van der Waals surface area contributed by atoms with Crippen LogP contribution in [0.15, 0.2) is 34.4 Å². The van der Waals surface area contributed by atoms with Gasteiger partial charge in [-0.2, -0.15) is 9.78 Å². The molecule has 0 aliphatic heterocycles. The average Bonchev–Trinajstić information content (AvgIpc) is 2.90. The zero-order valence-electron chi connectivity index (χ0n) is 13.0. The molecule has 0 aliphatic rings. The Kier molecular flexibility index (Phi) is 4.59. The highest BCUT2D eigenvalue weighted by atomic mass is 127. The molecule has 0 aliphatic carbocycles. The van der Waals surface area contributed by atoms with E-state index in [1.165, 1.54) is 16.0 Å². The second-order valence-electron chi connectivity index (χ2n) is 5.56. The van der Waals surface area contributed by atoms with E-state index in [9.17, 15) is 9.59 Å². The second-order valence-corrected chi connectivity index (χ2v) is 7.72. The summed E-state index contributed by atoms with van der Waals surface area (Å²) in [6.07, 6.45) is 0. The molecule has 1 aromatic carbocycles. The van der Waals surface area contributed by atoms with E-state index in [1.54, 1.807) is 17.5 Å². The number of aromatic nitrogens is 2. The highest BCUT2D eigenvalue weighted by molar-refractivity contribution is 14.1. The van der Waals surface area contributed by atoms with Crippen molar-refractivity contribution in [2.75, 3.05) is 5.73 Å². The van der Waals surface area contributed by atoms with Crippen LogP contribution >= 0.6 is 33.9 Å². The number of carbonyl (C=O) groups is 1. The molecule has 8 heteroatoms. The minimum atomic E-state index is -0.328. The highest BCUT2D eigenvalue weighted by Gasteiger charge is 2.20. The summed E-state index contributed by atoms with van der Waals surface area (Å²) >= 11 is 3.42. The largest absolute Gasteiger partial charge is 0.390 e. The van der Waals surface area contributed by atoms with E-state index < -0.39 is 0 Å². The smallest absolute Gasteiger partial charge is 0.282 e. The summed E-state index contributed by atoms with van der Waals surface area (Å²) in [5, 5.41) is 10.0. The number of benzene rings is 1. The Morgan fingerprint density at radius 1 is 1.33 bits per heavy atom. The first-order valence-corrected chi connectivity index (χ1v) is 9.21. The first-order chi connectivity index (χ1) is 11.4. The van der Waals surface area contributed by atoms with Crippen LogP contribution in [0, 0.1) is 3.57 Å². The number of halogens is 1. The van der Waals surface area contributed by atoms with Gasteiger partial charge in [0.15, 0.2) is 5.69 Å². The fourth-order valence-corrected chi connectivity index (χ4v) is 3.48. The molecule has 3 aromatic rings. The predicted molar refractivity (Wildman–Crippen MR) is 105 cm³/mol. The lowest BCUT2D eigenvalue weighted by Crippen LogP contribution is -2.33. The Hall–Kier alpha value is -1.94. The van der Waals surface area contributed by atoms with Gasteiger partial charge in [-0.3, -0.25) is 9.59 Å². The zero-order chi connectivity index (χ0) is 17.4. The van der Waals surface area contributed by atoms with Crippen LogP contribution in [0.1, 0.15) is 24.3 Å². The van der Waals surface area contributed by atoms with Gasteiger partial charge in [-0.25, -0.2) is 0 Å². The number of nitrogens with zero attached hydrogens (tertiary/aromatic N) is 2. The molecule has 0 saturated carbocycles. The maximum atomic E-state index is 12.8. The number of anilines is 1. The number of hydrogen-bond acceptors (Lipinski definition) is 5. The molecule has 3 N–H and O–H groups in total. The minimum absolute atomic E-state index is 0.0379. The van der Waals surface area contributed by atoms with Gasteiger partial charge >= 0.3 is 0 Å². The molecule has 3 rings (SSSR count). The maximum Gasteiger partial charge on any atom is 0.282 e. The molecule has 0 radical (unpaired) electrons. The van der Waals surface area contributed by atoms with Gasteiger partial charge in [-0.1, -0.05) is 0 Å². The van der Waals surface area contributed by atoms with Crippen molar-refractivity contribution < 1.29 is 4.79 Å². The molecule has 0 bridgehead atoms. The van der Waals surface area contributed by atoms with Gasteiger partial charge in [0.25, 0.3) is 11.5 Å². The van der Waals surface area contributed by atoms with Gasteiger partial charge in [0.05, 0.1) is 16.1 Å². The maximum absolute atomic E-state index is 12.8. The fourth-order valence-electron chi connectivity index (χ4n) is 2.33. The monoisotopic (exact) mass is 454 g/mol. The molecule has 0 saturated heterocycles. The molecule has 0 unspecified atom stereocenters. The standard InChI is InChI=1S/C16H15IN4O2S/c1-8(2)19-15(22)13-11-7-24-14(18)12(11)16(23)21(20-13)10-5-3-9(17)4-6-10/h3-8H,18H2,1-2H3,(H,19,22). The van der Waals surface area contributed by atoms with Crippen molar-refractivity contribution in [1.29, 1.82) is 0 Å². The summed E-state index contributed by atoms with van der Waals surface area (Å²) < 4.78 is 2.27. The van der Waals surface area contributed by atoms with Crippen molar-refractivity contribution in [2.24, 2.45) is 0 Å². The van der Waals surface area contributed by atoms with Crippen LogP contribution in [0.5, 0.6) is 0 Å². The van der Waals surface area contributed by atoms with Crippen molar-refractivity contribution in [3.63, 3.8) is 0 Å². The van der Waals surface area contributed by atoms with Crippen molar-refractivity contribution in [3.8, 4) is 5.69 Å². The van der Waals surface area contributed by atoms with Crippen molar-refractivity contribution >= 4 is 55.6 Å². The summed E-state index contributed by atoms with van der Waals surface area (Å²) in [6, 6.07) is 7.28. The van der Waals surface area contributed by atoms with Gasteiger partial charge < -0.3 is 11.1 Å². The SMILES string of the molecule is CC(C)NC(=O)c1nn(-c2ccc(I)cc2)c(=O)c2c(N)scc12. The normalized spacial score (nSPS) is 11.2. The number of rotatable bonds is 3. The van der Waals surface area contributed by atoms with Gasteiger partial charge in [0.2, 0.25) is 0 Å². The third kappa shape index (κ3) is 3.03. The van der Waals surface area contributed by atoms with Gasteiger partial charge in [-0.05, 0) is 60.7 Å². The van der Waals surface area contributed by atoms with Crippen LogP contribution < -0.4 is 16.6 Å². The Morgan fingerprint density at radius 2 is 2.00 bits per heavy atom. The van der Waals surface area contributed by atoms with Crippen LogP contribution in [0.25, 0.3) is 16.5 Å². The number of nitrogens with one attached hydrogen (secondary N) is 1. The van der Waals surface area contributed by atoms with E-state index in [-0.39, 0.29) is 23.2 Å². The zero-order valence-corrected chi connectivity index (χ0v) is 16.0. The average molecular weight is 454 g/mol. The predicted octanol–water partition coefficient (Wildman–Crippen LogP) is 2.77. The van der Waals surface area contributed by atoms with Gasteiger partial charge in [-0.15, -0.1) is 11.3 Å². The number of amides is 1. The van der Waals surface area contributed by atoms with Crippen molar-refractivity contribution in [2.45, 2.75) is 19.9 Å². The third-order valence-electron chi connectivity index (χ3n) is 3.39. The first-order valence-electron chi connectivity index (χ1n) is 7.25. The number of nitrogens with two attached hydrogens (primary N) is 1. The Morgan fingerprint density at radius 3 is 2.62 bits per heavy atom. The lowest BCUT2D eigenvalue weighted by atomic mass is 10.2. The van der Waals surface area contributed by atoms with Crippen molar-refractivity contribution in [1.82, 2.24) is 15.1 Å². The number of carbonyl (C=O) groups excluding carboxylic acids is 1. The number of fused-ring (bicyclic) bond motifs is 1. The highest BCUT2D eigenvalue weighted by Crippen LogP contribution is 2.27. The van der Waals surface area contributed by atoms with E-state index in [1.807, 2.05) is 26.0 Å². The summed E-state index contributed by atoms with van der Waals surface area (Å²) in [7, 11) is 0. The fraction of sp³-hybridized carbons (Fsp3) is 0.188. The summed E-state index contributed by atoms with van der Waals surface area (Å²) in [5.41, 5.74) is 6.42. The van der Waals surface area contributed by atoms with Crippen molar-refractivity contribution in [3.05, 3.63) is 49.3 Å². The number of thiophene rings is 1. The quantitative estimate of drug-likeness (QED) is 0.596. The molecule has 1 amide bonds. The molecule has 0 atom stereocenters. The number of hydrogen-bond donors (Lipinski definition) is 2. The molecule has 124 valence electrons. The molecule has 2 aromatic heterocycles. The first kappa shape index (κ1) is 16.9. The number of nitrogen functional groups attached to an aromatic ring is 1. The molecule has 24 heavy (non-hydrogen) atoms. The minimum Gasteiger partial charge on any atom is -0.390 e. The van der Waals surface area contributed by atoms with Gasteiger partial charge in [0, 0.05) is 20.4 Å². The third-order valence-corrected chi connectivity index (χ3v) is 4.92. The topological polar surface area (TPSA) is 90.0 Å². The summed E-state index contributed by atoms with van der Waals surface area (Å²) in [4.78, 5) is 25.3. The van der Waals surface area contributed by atoms with E-state index in [4.69, 9.17) is 5.73 Å².